The third-order valence-electron chi connectivity index (χ3n) is 13.9. The first-order chi connectivity index (χ1) is 31.7. The quantitative estimate of drug-likeness (QED) is 0.0421. The van der Waals surface area contributed by atoms with Gasteiger partial charge in [0.15, 0.2) is 0 Å². The molecule has 0 radical (unpaired) electrons. The van der Waals surface area contributed by atoms with Gasteiger partial charge < -0.3 is 15.5 Å². The molecule has 0 aliphatic carbocycles. The highest BCUT2D eigenvalue weighted by Crippen LogP contribution is 2.18. The summed E-state index contributed by atoms with van der Waals surface area (Å²) in [6, 6.07) is -0.637. The Labute approximate surface area is 402 Å². The van der Waals surface area contributed by atoms with Gasteiger partial charge in [-0.25, -0.2) is 0 Å². The van der Waals surface area contributed by atoms with Crippen LogP contribution in [0.5, 0.6) is 0 Å². The van der Waals surface area contributed by atoms with Crippen LogP contribution in [0, 0.1) is 0 Å². The number of allylic oxidation sites excluding steroid dienone is 3. The molecule has 0 aromatic heterocycles. The molecule has 0 saturated heterocycles. The number of amides is 1. The van der Waals surface area contributed by atoms with E-state index in [1.165, 1.54) is 283 Å². The summed E-state index contributed by atoms with van der Waals surface area (Å²) in [5, 5.41) is 23.2. The minimum atomic E-state index is -0.860. The van der Waals surface area contributed by atoms with Crippen LogP contribution in [0.15, 0.2) is 24.3 Å². The number of nitrogens with one attached hydrogen (secondary N) is 1. The Morgan fingerprint density at radius 3 is 0.906 bits per heavy atom. The lowest BCUT2D eigenvalue weighted by molar-refractivity contribution is -0.123. The van der Waals surface area contributed by atoms with Crippen molar-refractivity contribution >= 4 is 5.91 Å². The molecule has 0 aromatic rings. The number of hydrogen-bond acceptors (Lipinski definition) is 3. The molecule has 4 heteroatoms. The number of aliphatic hydroxyl groups is 2. The number of unbranched alkanes of at least 4 members (excludes halogenated alkanes) is 46. The molecule has 1 amide bonds. The van der Waals surface area contributed by atoms with E-state index < -0.39 is 12.1 Å². The van der Waals surface area contributed by atoms with E-state index in [-0.39, 0.29) is 12.5 Å². The highest BCUT2D eigenvalue weighted by molar-refractivity contribution is 5.76. The van der Waals surface area contributed by atoms with Gasteiger partial charge in [-0.1, -0.05) is 321 Å². The Kier molecular flexibility index (Phi) is 55.2. The molecule has 380 valence electrons. The summed E-state index contributed by atoms with van der Waals surface area (Å²) in [5.41, 5.74) is 0. The summed E-state index contributed by atoms with van der Waals surface area (Å²) in [5.74, 6) is -0.0660. The van der Waals surface area contributed by atoms with E-state index in [2.05, 4.69) is 31.3 Å². The Morgan fingerprint density at radius 2 is 0.609 bits per heavy atom. The molecule has 0 heterocycles. The van der Waals surface area contributed by atoms with Gasteiger partial charge in [0.1, 0.15) is 0 Å². The summed E-state index contributed by atoms with van der Waals surface area (Å²) in [6.45, 7) is 4.34. The first-order valence-electron chi connectivity index (χ1n) is 29.6. The standard InChI is InChI=1S/C60H117NO3/c1-3-5-7-9-11-13-15-17-19-21-23-25-27-29-30-32-33-35-37-39-41-43-45-47-49-51-53-55-59(63)58(57-62)61-60(64)56-54-52-50-48-46-44-42-40-38-36-34-31-28-26-24-22-20-18-16-14-12-10-8-6-4-2/h45,47,53,55,58-59,62-63H,3-44,46,48-52,54,56-57H2,1-2H3,(H,61,64)/b47-45+,55-53+. The van der Waals surface area contributed by atoms with E-state index in [1.807, 2.05) is 6.08 Å². The molecule has 64 heavy (non-hydrogen) atoms. The van der Waals surface area contributed by atoms with Crippen LogP contribution >= 0.6 is 0 Å². The number of carbonyl (C=O) groups excluding carboxylic acids is 1. The molecule has 0 aliphatic heterocycles. The molecule has 4 nitrogen and oxygen atoms in total. The van der Waals surface area contributed by atoms with Crippen LogP contribution in [-0.4, -0.2) is 34.9 Å². The molecule has 0 aromatic carbocycles. The summed E-state index contributed by atoms with van der Waals surface area (Å²) in [4.78, 5) is 12.5. The van der Waals surface area contributed by atoms with Crippen molar-refractivity contribution < 1.29 is 15.0 Å². The lowest BCUT2D eigenvalue weighted by Crippen LogP contribution is -2.45. The van der Waals surface area contributed by atoms with E-state index in [4.69, 9.17) is 0 Å². The Morgan fingerprint density at radius 1 is 0.359 bits per heavy atom. The Hall–Kier alpha value is -1.13. The van der Waals surface area contributed by atoms with Gasteiger partial charge in [-0.2, -0.15) is 0 Å². The lowest BCUT2D eigenvalue weighted by Gasteiger charge is -2.19. The van der Waals surface area contributed by atoms with Gasteiger partial charge in [0.05, 0.1) is 18.8 Å². The van der Waals surface area contributed by atoms with E-state index in [0.717, 1.165) is 32.1 Å². The zero-order chi connectivity index (χ0) is 46.3. The highest BCUT2D eigenvalue weighted by Gasteiger charge is 2.18. The maximum absolute atomic E-state index is 12.5. The van der Waals surface area contributed by atoms with E-state index in [1.54, 1.807) is 6.08 Å². The van der Waals surface area contributed by atoms with E-state index >= 15 is 0 Å². The fraction of sp³-hybridized carbons (Fsp3) is 0.917. The molecule has 0 rings (SSSR count). The van der Waals surface area contributed by atoms with Crippen LogP contribution in [0.25, 0.3) is 0 Å². The number of aliphatic hydroxyl groups excluding tert-OH is 2. The average molecular weight is 901 g/mol. The molecular weight excluding hydrogens is 783 g/mol. The minimum Gasteiger partial charge on any atom is -0.394 e. The van der Waals surface area contributed by atoms with Crippen molar-refractivity contribution in [1.29, 1.82) is 0 Å². The first kappa shape index (κ1) is 62.9. The van der Waals surface area contributed by atoms with Gasteiger partial charge in [-0.3, -0.25) is 4.79 Å². The van der Waals surface area contributed by atoms with Gasteiger partial charge in [-0.15, -0.1) is 0 Å². The van der Waals surface area contributed by atoms with Gasteiger partial charge in [0, 0.05) is 6.42 Å². The third kappa shape index (κ3) is 51.8. The normalized spacial score (nSPS) is 12.9. The fourth-order valence-corrected chi connectivity index (χ4v) is 9.43. The predicted molar refractivity (Wildman–Crippen MR) is 286 cm³/mol. The molecule has 0 saturated carbocycles. The van der Waals surface area contributed by atoms with Crippen molar-refractivity contribution in [2.45, 2.75) is 347 Å². The second-order valence-corrected chi connectivity index (χ2v) is 20.4. The first-order valence-corrected chi connectivity index (χ1v) is 29.6. The molecule has 0 fully saturated rings. The minimum absolute atomic E-state index is 0.0660. The predicted octanol–water partition coefficient (Wildman–Crippen LogP) is 19.5. The largest absolute Gasteiger partial charge is 0.394 e. The van der Waals surface area contributed by atoms with E-state index in [9.17, 15) is 15.0 Å². The monoisotopic (exact) mass is 900 g/mol. The van der Waals surface area contributed by atoms with Gasteiger partial charge in [0.2, 0.25) is 5.91 Å². The average Bonchev–Trinajstić information content (AvgIpc) is 3.30. The SMILES string of the molecule is CCCCCCCCCCCCCCCCCCCCCCC/C=C/CC/C=C/C(O)C(CO)NC(=O)CCCCCCCCCCCCCCCCCCCCCCCCCCC. The molecular formula is C60H117NO3. The molecule has 2 atom stereocenters. The zero-order valence-corrected chi connectivity index (χ0v) is 43.8. The molecule has 0 spiro atoms. The number of rotatable bonds is 55. The van der Waals surface area contributed by atoms with Gasteiger partial charge in [0.25, 0.3) is 0 Å². The topological polar surface area (TPSA) is 69.6 Å². The van der Waals surface area contributed by atoms with Crippen LogP contribution in [0.1, 0.15) is 335 Å². The second-order valence-electron chi connectivity index (χ2n) is 20.4. The molecule has 2 unspecified atom stereocenters. The van der Waals surface area contributed by atoms with Crippen molar-refractivity contribution in [3.63, 3.8) is 0 Å². The van der Waals surface area contributed by atoms with Crippen LogP contribution in [0.4, 0.5) is 0 Å². The Balaban J connectivity index is 3.48. The molecule has 0 aliphatic rings. The summed E-state index contributed by atoms with van der Waals surface area (Å²) in [6.07, 6.45) is 75.0. The fourth-order valence-electron chi connectivity index (χ4n) is 9.43. The maximum Gasteiger partial charge on any atom is 0.220 e. The maximum atomic E-state index is 12.5. The smallest absolute Gasteiger partial charge is 0.220 e. The van der Waals surface area contributed by atoms with Crippen molar-refractivity contribution in [2.75, 3.05) is 6.61 Å². The number of carbonyl (C=O) groups is 1. The lowest BCUT2D eigenvalue weighted by atomic mass is 10.0. The van der Waals surface area contributed by atoms with E-state index in [0.29, 0.717) is 6.42 Å². The van der Waals surface area contributed by atoms with Crippen LogP contribution in [-0.2, 0) is 4.79 Å². The zero-order valence-electron chi connectivity index (χ0n) is 43.8. The van der Waals surface area contributed by atoms with Gasteiger partial charge in [-0.05, 0) is 32.1 Å². The molecule has 3 N–H and O–H groups in total. The summed E-state index contributed by atoms with van der Waals surface area (Å²) in [7, 11) is 0. The van der Waals surface area contributed by atoms with Crippen molar-refractivity contribution in [3.05, 3.63) is 24.3 Å². The van der Waals surface area contributed by atoms with Crippen molar-refractivity contribution in [1.82, 2.24) is 5.32 Å². The second kappa shape index (κ2) is 56.2. The van der Waals surface area contributed by atoms with Gasteiger partial charge >= 0.3 is 0 Å². The summed E-state index contributed by atoms with van der Waals surface area (Å²) >= 11 is 0. The van der Waals surface area contributed by atoms with Crippen LogP contribution < -0.4 is 5.32 Å². The van der Waals surface area contributed by atoms with Crippen LogP contribution in [0.3, 0.4) is 0 Å². The van der Waals surface area contributed by atoms with Crippen LogP contribution in [0.2, 0.25) is 0 Å². The summed E-state index contributed by atoms with van der Waals surface area (Å²) < 4.78 is 0. The van der Waals surface area contributed by atoms with Crippen molar-refractivity contribution in [2.24, 2.45) is 0 Å². The highest BCUT2D eigenvalue weighted by atomic mass is 16.3. The van der Waals surface area contributed by atoms with Crippen molar-refractivity contribution in [3.8, 4) is 0 Å². The number of hydrogen-bond donors (Lipinski definition) is 3. The third-order valence-corrected chi connectivity index (χ3v) is 13.9. The Bertz CT molecular complexity index is 932. The molecule has 0 bridgehead atoms.